The van der Waals surface area contributed by atoms with Gasteiger partial charge in [0.15, 0.2) is 0 Å². The van der Waals surface area contributed by atoms with Gasteiger partial charge in [0.05, 0.1) is 5.92 Å². The van der Waals surface area contributed by atoms with Crippen molar-refractivity contribution >= 4 is 18.0 Å². The fourth-order valence-corrected chi connectivity index (χ4v) is 4.57. The maximum atomic E-state index is 12.7. The lowest BCUT2D eigenvalue weighted by Crippen LogP contribution is -2.48. The number of carboxylic acid groups (broad SMARTS) is 1. The highest BCUT2D eigenvalue weighted by Crippen LogP contribution is 2.44. The highest BCUT2D eigenvalue weighted by atomic mass is 16.5. The maximum absolute atomic E-state index is 12.7. The fraction of sp³-hybridized carbons (Fsp3) is 0.423. The van der Waals surface area contributed by atoms with Gasteiger partial charge in [-0.2, -0.15) is 0 Å². The van der Waals surface area contributed by atoms with Crippen molar-refractivity contribution in [1.29, 1.82) is 0 Å². The lowest BCUT2D eigenvalue weighted by atomic mass is 9.98. The second-order valence-corrected chi connectivity index (χ2v) is 9.30. The van der Waals surface area contributed by atoms with Crippen LogP contribution < -0.4 is 10.6 Å². The quantitative estimate of drug-likeness (QED) is 0.498. The number of rotatable bonds is 10. The molecule has 2 aliphatic rings. The van der Waals surface area contributed by atoms with Crippen LogP contribution in [0.2, 0.25) is 0 Å². The molecule has 2 aromatic rings. The number of ether oxygens (including phenoxy) is 1. The van der Waals surface area contributed by atoms with Crippen LogP contribution in [0.1, 0.15) is 29.9 Å². The Kier molecular flexibility index (Phi) is 7.17. The summed E-state index contributed by atoms with van der Waals surface area (Å²) >= 11 is 0. The molecule has 8 heteroatoms. The largest absolute Gasteiger partial charge is 0.481 e. The standard InChI is InChI=1S/C26H31N3O5/c1-29(2)12-11-23(24(30)27-14-16-13-21(16)25(31)32)28-26(33)34-15-22-19-9-5-3-7-17(19)18-8-4-6-10-20(18)22/h3-10,16,21-23H,11-15H2,1-2H3,(H,27,30)(H,28,33)(H,31,32). The van der Waals surface area contributed by atoms with Gasteiger partial charge in [-0.15, -0.1) is 0 Å². The van der Waals surface area contributed by atoms with E-state index < -0.39 is 24.0 Å². The molecule has 0 saturated heterocycles. The van der Waals surface area contributed by atoms with Gasteiger partial charge < -0.3 is 25.4 Å². The van der Waals surface area contributed by atoms with Gasteiger partial charge in [-0.1, -0.05) is 48.5 Å². The average molecular weight is 466 g/mol. The van der Waals surface area contributed by atoms with Crippen LogP contribution >= 0.6 is 0 Å². The number of nitrogens with one attached hydrogen (secondary N) is 2. The molecule has 180 valence electrons. The number of benzene rings is 2. The number of hydrogen-bond acceptors (Lipinski definition) is 5. The van der Waals surface area contributed by atoms with Crippen LogP contribution in [0.25, 0.3) is 11.1 Å². The van der Waals surface area contributed by atoms with Crippen LogP contribution in [0.15, 0.2) is 48.5 Å². The Balaban J connectivity index is 1.35. The molecule has 2 amide bonds. The minimum absolute atomic E-state index is 0.0506. The first-order valence-electron chi connectivity index (χ1n) is 11.6. The third kappa shape index (κ3) is 5.39. The first kappa shape index (κ1) is 23.8. The van der Waals surface area contributed by atoms with Gasteiger partial charge in [0.25, 0.3) is 0 Å². The number of carboxylic acids is 1. The summed E-state index contributed by atoms with van der Waals surface area (Å²) in [5.41, 5.74) is 4.54. The molecule has 1 saturated carbocycles. The van der Waals surface area contributed by atoms with Crippen molar-refractivity contribution in [2.45, 2.75) is 24.8 Å². The normalized spacial score (nSPS) is 19.1. The highest BCUT2D eigenvalue weighted by molar-refractivity contribution is 5.86. The lowest BCUT2D eigenvalue weighted by molar-refractivity contribution is -0.139. The van der Waals surface area contributed by atoms with E-state index in [1.54, 1.807) is 0 Å². The Hall–Kier alpha value is -3.39. The van der Waals surface area contributed by atoms with Crippen molar-refractivity contribution in [2.24, 2.45) is 11.8 Å². The molecular weight excluding hydrogens is 434 g/mol. The molecule has 0 radical (unpaired) electrons. The Bertz CT molecular complexity index is 1020. The van der Waals surface area contributed by atoms with Gasteiger partial charge >= 0.3 is 12.1 Å². The predicted octanol–water partition coefficient (Wildman–Crippen LogP) is 2.68. The Morgan fingerprint density at radius 2 is 1.68 bits per heavy atom. The number of hydrogen-bond donors (Lipinski definition) is 3. The number of alkyl carbamates (subject to hydrolysis) is 1. The van der Waals surface area contributed by atoms with Crippen molar-refractivity contribution in [1.82, 2.24) is 15.5 Å². The molecule has 3 unspecified atom stereocenters. The number of carbonyl (C=O) groups is 3. The molecule has 2 aromatic carbocycles. The van der Waals surface area contributed by atoms with Gasteiger partial charge in [-0.05, 0) is 61.7 Å². The van der Waals surface area contributed by atoms with Gasteiger partial charge in [-0.3, -0.25) is 9.59 Å². The van der Waals surface area contributed by atoms with Crippen LogP contribution in [-0.4, -0.2) is 67.8 Å². The fourth-order valence-electron chi connectivity index (χ4n) is 4.57. The molecule has 2 aliphatic carbocycles. The summed E-state index contributed by atoms with van der Waals surface area (Å²) in [7, 11) is 3.79. The van der Waals surface area contributed by atoms with Gasteiger partial charge in [-0.25, -0.2) is 4.79 Å². The zero-order valence-electron chi connectivity index (χ0n) is 19.5. The van der Waals surface area contributed by atoms with E-state index in [0.29, 0.717) is 25.9 Å². The zero-order chi connectivity index (χ0) is 24.2. The molecule has 3 N–H and O–H groups in total. The predicted molar refractivity (Wildman–Crippen MR) is 127 cm³/mol. The summed E-state index contributed by atoms with van der Waals surface area (Å²) < 4.78 is 5.59. The zero-order valence-corrected chi connectivity index (χ0v) is 19.5. The van der Waals surface area contributed by atoms with Crippen molar-refractivity contribution in [3.63, 3.8) is 0 Å². The summed E-state index contributed by atoms with van der Waals surface area (Å²) in [6.45, 7) is 1.06. The van der Waals surface area contributed by atoms with E-state index in [1.807, 2.05) is 43.3 Å². The molecule has 34 heavy (non-hydrogen) atoms. The topological polar surface area (TPSA) is 108 Å². The third-order valence-electron chi connectivity index (χ3n) is 6.60. The molecule has 8 nitrogen and oxygen atoms in total. The van der Waals surface area contributed by atoms with E-state index in [4.69, 9.17) is 9.84 Å². The molecule has 0 aliphatic heterocycles. The number of carbonyl (C=O) groups excluding carboxylic acids is 2. The van der Waals surface area contributed by atoms with E-state index in [1.165, 1.54) is 0 Å². The highest BCUT2D eigenvalue weighted by Gasteiger charge is 2.43. The Morgan fingerprint density at radius 1 is 1.06 bits per heavy atom. The molecule has 0 bridgehead atoms. The van der Waals surface area contributed by atoms with Gasteiger partial charge in [0, 0.05) is 12.5 Å². The van der Waals surface area contributed by atoms with Crippen molar-refractivity contribution in [2.75, 3.05) is 33.8 Å². The van der Waals surface area contributed by atoms with E-state index in [0.717, 1.165) is 22.3 Å². The monoisotopic (exact) mass is 465 g/mol. The van der Waals surface area contributed by atoms with Gasteiger partial charge in [0.1, 0.15) is 12.6 Å². The number of amides is 2. The maximum Gasteiger partial charge on any atom is 0.407 e. The summed E-state index contributed by atoms with van der Waals surface area (Å²) in [4.78, 5) is 38.4. The van der Waals surface area contributed by atoms with Gasteiger partial charge in [0.2, 0.25) is 5.91 Å². The van der Waals surface area contributed by atoms with Crippen molar-refractivity contribution in [3.05, 3.63) is 59.7 Å². The molecule has 3 atom stereocenters. The molecular formula is C26H31N3O5. The van der Waals surface area contributed by atoms with Crippen LogP contribution in [0, 0.1) is 11.8 Å². The average Bonchev–Trinajstić information content (AvgIpc) is 3.54. The Morgan fingerprint density at radius 3 is 2.24 bits per heavy atom. The van der Waals surface area contributed by atoms with E-state index in [-0.39, 0.29) is 24.3 Å². The molecule has 4 rings (SSSR count). The van der Waals surface area contributed by atoms with E-state index >= 15 is 0 Å². The van der Waals surface area contributed by atoms with E-state index in [2.05, 4.69) is 34.9 Å². The molecule has 0 aromatic heterocycles. The lowest BCUT2D eigenvalue weighted by Gasteiger charge is -2.21. The summed E-state index contributed by atoms with van der Waals surface area (Å²) in [5.74, 6) is -1.66. The van der Waals surface area contributed by atoms with Crippen LogP contribution in [0.3, 0.4) is 0 Å². The number of aliphatic carboxylic acids is 1. The van der Waals surface area contributed by atoms with Crippen molar-refractivity contribution < 1.29 is 24.2 Å². The first-order valence-corrected chi connectivity index (χ1v) is 11.6. The first-order chi connectivity index (χ1) is 16.3. The smallest absolute Gasteiger partial charge is 0.407 e. The van der Waals surface area contributed by atoms with Crippen LogP contribution in [0.5, 0.6) is 0 Å². The molecule has 1 fully saturated rings. The third-order valence-corrected chi connectivity index (χ3v) is 6.60. The van der Waals surface area contributed by atoms with Crippen molar-refractivity contribution in [3.8, 4) is 11.1 Å². The second-order valence-electron chi connectivity index (χ2n) is 9.30. The second kappa shape index (κ2) is 10.3. The van der Waals surface area contributed by atoms with Crippen LogP contribution in [0.4, 0.5) is 4.79 Å². The van der Waals surface area contributed by atoms with E-state index in [9.17, 15) is 14.4 Å². The number of fused-ring (bicyclic) bond motifs is 3. The van der Waals surface area contributed by atoms with Crippen LogP contribution in [-0.2, 0) is 14.3 Å². The SMILES string of the molecule is CN(C)CCC(NC(=O)OCC1c2ccccc2-c2ccccc21)C(=O)NCC1CC1C(=O)O. The molecule has 0 spiro atoms. The molecule has 0 heterocycles. The number of nitrogens with zero attached hydrogens (tertiary/aromatic N) is 1. The minimum atomic E-state index is -0.833. The summed E-state index contributed by atoms with van der Waals surface area (Å²) in [5, 5.41) is 14.5. The minimum Gasteiger partial charge on any atom is -0.481 e. The Labute approximate surface area is 199 Å². The summed E-state index contributed by atoms with van der Waals surface area (Å²) in [6.07, 6.45) is 0.337. The summed E-state index contributed by atoms with van der Waals surface area (Å²) in [6, 6.07) is 15.4.